The van der Waals surface area contributed by atoms with Crippen LogP contribution >= 0.6 is 0 Å². The first-order chi connectivity index (χ1) is 29.3. The quantitative estimate of drug-likeness (QED) is 0.0352. The molecule has 0 bridgehead atoms. The van der Waals surface area contributed by atoms with Gasteiger partial charge in [0.1, 0.15) is 20.4 Å². The summed E-state index contributed by atoms with van der Waals surface area (Å²) in [6, 6.07) is 24.3. The lowest BCUT2D eigenvalue weighted by Crippen LogP contribution is -2.28. The molecule has 2 aliphatic rings. The second-order valence-corrected chi connectivity index (χ2v) is 17.2. The summed E-state index contributed by atoms with van der Waals surface area (Å²) in [6.45, 7) is 0. The van der Waals surface area contributed by atoms with Gasteiger partial charge < -0.3 is 11.1 Å². The summed E-state index contributed by atoms with van der Waals surface area (Å²) in [4.78, 5) is 36.7. The van der Waals surface area contributed by atoms with Gasteiger partial charge in [-0.3, -0.25) is 38.9 Å². The first-order valence-electron chi connectivity index (χ1n) is 17.5. The number of nitrogens with one attached hydrogen (secondary N) is 3. The number of hydrogen-bond acceptors (Lipinski definition) is 16. The van der Waals surface area contributed by atoms with Crippen molar-refractivity contribution in [2.45, 2.75) is 9.79 Å². The lowest BCUT2D eigenvalue weighted by atomic mass is 9.92. The number of ketones is 2. The van der Waals surface area contributed by atoms with Gasteiger partial charge in [-0.2, -0.15) is 40.6 Å². The van der Waals surface area contributed by atoms with Crippen molar-refractivity contribution < 1.29 is 53.3 Å². The molecule has 1 amide bonds. The third-order valence-electron chi connectivity index (χ3n) is 8.98. The van der Waals surface area contributed by atoms with Gasteiger partial charge in [-0.15, -0.1) is 5.11 Å². The fourth-order valence-electron chi connectivity index (χ4n) is 6.11. The highest BCUT2D eigenvalue weighted by molar-refractivity contribution is 7.91. The number of hydrazone groups is 2. The van der Waals surface area contributed by atoms with Gasteiger partial charge in [0.15, 0.2) is 11.5 Å². The second-order valence-electron chi connectivity index (χ2n) is 13.1. The molecule has 0 heterocycles. The van der Waals surface area contributed by atoms with E-state index in [4.69, 9.17) is 5.73 Å². The van der Waals surface area contributed by atoms with Gasteiger partial charge in [-0.1, -0.05) is 30.3 Å². The van der Waals surface area contributed by atoms with Crippen LogP contribution in [-0.4, -0.2) is 67.8 Å². The van der Waals surface area contributed by atoms with Gasteiger partial charge >= 0.3 is 0 Å². The number of Topliss-reactive ketones (excluding diaryl/α,β-unsaturated/α-hetero) is 1. The maximum absolute atomic E-state index is 13.7. The molecule has 0 spiro atoms. The summed E-state index contributed by atoms with van der Waals surface area (Å²) >= 11 is 0. The topological polar surface area (TPSA) is 326 Å². The predicted octanol–water partition coefficient (Wildman–Crippen LogP) is 5.89. The fourth-order valence-corrected chi connectivity index (χ4v) is 8.16. The molecule has 0 unspecified atom stereocenters. The van der Waals surface area contributed by atoms with Crippen molar-refractivity contribution in [1.29, 1.82) is 0 Å². The maximum atomic E-state index is 13.7. The number of nitrogen functional groups attached to an aromatic ring is 1. The van der Waals surface area contributed by atoms with Crippen molar-refractivity contribution >= 4 is 99.5 Å². The van der Waals surface area contributed by atoms with Crippen molar-refractivity contribution in [2.24, 2.45) is 20.4 Å². The van der Waals surface area contributed by atoms with E-state index in [-0.39, 0.29) is 33.7 Å². The van der Waals surface area contributed by atoms with Crippen molar-refractivity contribution in [3.63, 3.8) is 0 Å². The first kappa shape index (κ1) is 42.6. The molecule has 23 heteroatoms. The number of azo groups is 1. The summed E-state index contributed by atoms with van der Waals surface area (Å²) in [6.07, 6.45) is 3.28. The molecule has 314 valence electrons. The van der Waals surface area contributed by atoms with Crippen LogP contribution in [0.3, 0.4) is 0 Å². The number of benzene rings is 5. The minimum Gasteiger partial charge on any atom is -0.396 e. The smallest absolute Gasteiger partial charge is 0.296 e. The summed E-state index contributed by atoms with van der Waals surface area (Å²) in [7, 11) is -14.9. The largest absolute Gasteiger partial charge is 0.396 e. The van der Waals surface area contributed by atoms with Crippen LogP contribution < -0.4 is 21.9 Å². The van der Waals surface area contributed by atoms with E-state index in [1.807, 2.05) is 0 Å². The van der Waals surface area contributed by atoms with Crippen LogP contribution in [-0.2, 0) is 30.4 Å². The van der Waals surface area contributed by atoms with E-state index < -0.39 is 85.2 Å². The van der Waals surface area contributed by atoms with E-state index in [0.29, 0.717) is 17.1 Å². The van der Waals surface area contributed by atoms with Crippen molar-refractivity contribution in [1.82, 2.24) is 0 Å². The van der Waals surface area contributed by atoms with Gasteiger partial charge in [0, 0.05) is 22.4 Å². The van der Waals surface area contributed by atoms with Gasteiger partial charge in [-0.05, 0) is 96.6 Å². The standard InChI is InChI=1S/C39H28N8O12S3/c40-35-33-22(20-32(62(57,58)59)37(38(33)49)47-43-24-5-2-1-3-6-24)19-31(61(54,55)56)36(35)46-44-25-11-9-21(10-12-25)39(50)41-23-13-15-26(16-14-23)42-45-28-17-18-29(48)27-7-4-8-30(34(27)28)60(51,52)53/h1-20,42-43H,40H2,(H,41,50)(H,51,52,53)(H,54,55,56)(H,57,58,59). The number of allylic oxidation sites excluding steroid dienone is 3. The molecule has 5 aromatic rings. The summed E-state index contributed by atoms with van der Waals surface area (Å²) < 4.78 is 103. The highest BCUT2D eigenvalue weighted by Gasteiger charge is 2.37. The summed E-state index contributed by atoms with van der Waals surface area (Å²) in [5.74, 6) is -2.15. The predicted molar refractivity (Wildman–Crippen MR) is 227 cm³/mol. The minimum atomic E-state index is -5.14. The van der Waals surface area contributed by atoms with Crippen LogP contribution in [0.5, 0.6) is 0 Å². The average molecular weight is 897 g/mol. The number of carbonyl (C=O) groups excluding carboxylic acids is 3. The molecule has 0 aromatic heterocycles. The van der Waals surface area contributed by atoms with Gasteiger partial charge in [0.2, 0.25) is 5.78 Å². The zero-order valence-electron chi connectivity index (χ0n) is 31.2. The Balaban J connectivity index is 1.08. The molecule has 0 radical (unpaired) electrons. The van der Waals surface area contributed by atoms with E-state index in [1.165, 1.54) is 60.7 Å². The minimum absolute atomic E-state index is 0.0391. The molecule has 0 aliphatic heterocycles. The summed E-state index contributed by atoms with van der Waals surface area (Å²) in [5.41, 5.74) is 9.96. The molecule has 0 atom stereocenters. The maximum Gasteiger partial charge on any atom is 0.296 e. The molecular weight excluding hydrogens is 869 g/mol. The summed E-state index contributed by atoms with van der Waals surface area (Å²) in [5, 5.41) is 18.6. The van der Waals surface area contributed by atoms with Crippen LogP contribution in [0.4, 0.5) is 34.1 Å². The normalized spacial score (nSPS) is 15.3. The Bertz CT molecular complexity index is 3220. The second kappa shape index (κ2) is 16.5. The highest BCUT2D eigenvalue weighted by Crippen LogP contribution is 2.41. The Labute approximate surface area is 351 Å². The Morgan fingerprint density at radius 1 is 0.629 bits per heavy atom. The molecule has 20 nitrogen and oxygen atoms in total. The van der Waals surface area contributed by atoms with E-state index in [9.17, 15) is 53.3 Å². The van der Waals surface area contributed by atoms with Crippen molar-refractivity contribution in [2.75, 3.05) is 21.9 Å². The molecule has 0 saturated carbocycles. The SMILES string of the molecule is Nc1c(N=Nc2ccc(C(=O)Nc3ccc(NN=C4C=CC(=O)c5cccc(S(=O)(=O)O)c54)cc3)cc2)c(S(=O)(=O)O)cc2c1C(=O)C(=NNc1ccccc1)C(S(=O)(=O)O)=C2. The Morgan fingerprint density at radius 2 is 1.26 bits per heavy atom. The lowest BCUT2D eigenvalue weighted by Gasteiger charge is -2.20. The molecule has 5 aromatic carbocycles. The first-order valence-corrected chi connectivity index (χ1v) is 21.8. The van der Waals surface area contributed by atoms with Crippen molar-refractivity contribution in [3.05, 3.63) is 148 Å². The number of hydrogen-bond donors (Lipinski definition) is 7. The molecule has 2 aliphatic carbocycles. The number of fused-ring (bicyclic) bond motifs is 2. The van der Waals surface area contributed by atoms with E-state index in [0.717, 1.165) is 18.2 Å². The van der Waals surface area contributed by atoms with Gasteiger partial charge in [0.25, 0.3) is 36.3 Å². The number of rotatable bonds is 11. The van der Waals surface area contributed by atoms with E-state index in [2.05, 4.69) is 36.6 Å². The highest BCUT2D eigenvalue weighted by atomic mass is 32.2. The van der Waals surface area contributed by atoms with Gasteiger partial charge in [0.05, 0.1) is 34.0 Å². The molecule has 7 rings (SSSR count). The zero-order chi connectivity index (χ0) is 44.6. The van der Waals surface area contributed by atoms with Crippen LogP contribution in [0, 0.1) is 0 Å². The fraction of sp³-hybridized carbons (Fsp3) is 0. The average Bonchev–Trinajstić information content (AvgIpc) is 3.22. The number of nitrogens with zero attached hydrogens (tertiary/aromatic N) is 4. The third kappa shape index (κ3) is 8.97. The Morgan fingerprint density at radius 3 is 1.90 bits per heavy atom. The number of amides is 1. The third-order valence-corrected chi connectivity index (χ3v) is 11.6. The Hall–Kier alpha value is -7.54. The number of carbonyl (C=O) groups is 3. The molecule has 0 fully saturated rings. The van der Waals surface area contributed by atoms with Gasteiger partial charge in [-0.25, -0.2) is 0 Å². The number of para-hydroxylation sites is 1. The van der Waals surface area contributed by atoms with E-state index in [1.54, 1.807) is 42.5 Å². The molecule has 62 heavy (non-hydrogen) atoms. The molecule has 0 saturated heterocycles. The zero-order valence-corrected chi connectivity index (χ0v) is 33.6. The number of anilines is 4. The lowest BCUT2D eigenvalue weighted by molar-refractivity contribution is 0.102. The molecule has 8 N–H and O–H groups in total. The van der Waals surface area contributed by atoms with Crippen LogP contribution in [0.1, 0.15) is 42.2 Å². The van der Waals surface area contributed by atoms with Crippen LogP contribution in [0.15, 0.2) is 150 Å². The van der Waals surface area contributed by atoms with Crippen molar-refractivity contribution in [3.8, 4) is 0 Å². The van der Waals surface area contributed by atoms with Crippen LogP contribution in [0.25, 0.3) is 6.08 Å². The monoisotopic (exact) mass is 896 g/mol. The number of nitrogens with two attached hydrogens (primary N) is 1. The molecular formula is C39H28N8O12S3. The van der Waals surface area contributed by atoms with Crippen LogP contribution in [0.2, 0.25) is 0 Å². The Kier molecular flexibility index (Phi) is 11.3. The van der Waals surface area contributed by atoms with E-state index >= 15 is 0 Å².